The first-order chi connectivity index (χ1) is 12.1. The number of hydrogen-bond acceptors (Lipinski definition) is 6. The van der Waals surface area contributed by atoms with Crippen LogP contribution in [0.15, 0.2) is 12.7 Å². The van der Waals surface area contributed by atoms with Crippen molar-refractivity contribution in [2.24, 2.45) is 5.92 Å². The average Bonchev–Trinajstić information content (AvgIpc) is 2.54. The number of carboxylic acids is 2. The Labute approximate surface area is 154 Å². The molecule has 8 heteroatoms. The van der Waals surface area contributed by atoms with Gasteiger partial charge in [-0.05, 0) is 6.42 Å². The SMILES string of the molecule is C=CC(O)C(O)(O)O.CCCCCCCCCCCC(C(=O)O)C(=O)O. The minimum Gasteiger partial charge on any atom is -0.481 e. The van der Waals surface area contributed by atoms with Crippen LogP contribution in [-0.4, -0.2) is 54.7 Å². The molecule has 0 aliphatic heterocycles. The zero-order valence-corrected chi connectivity index (χ0v) is 15.5. The normalized spacial score (nSPS) is 12.2. The first kappa shape index (κ1) is 26.7. The van der Waals surface area contributed by atoms with Crippen LogP contribution in [0, 0.1) is 5.92 Å². The second-order valence-electron chi connectivity index (χ2n) is 6.21. The Morgan fingerprint density at radius 3 is 1.54 bits per heavy atom. The van der Waals surface area contributed by atoms with Crippen molar-refractivity contribution >= 4 is 11.9 Å². The van der Waals surface area contributed by atoms with Gasteiger partial charge in [-0.25, -0.2) is 0 Å². The summed E-state index contributed by atoms with van der Waals surface area (Å²) < 4.78 is 0. The van der Waals surface area contributed by atoms with Crippen molar-refractivity contribution < 1.29 is 40.2 Å². The standard InChI is InChI=1S/C14H26O4.C4H8O4/c1-2-3-4-5-6-7-8-9-10-11-12(13(15)16)14(17)18;1-2-3(5)4(6,7)8/h12H,2-11H2,1H3,(H,15,16)(H,17,18);2-3,5-8H,1H2. The van der Waals surface area contributed by atoms with Gasteiger partial charge in [0.15, 0.2) is 12.0 Å². The molecule has 8 nitrogen and oxygen atoms in total. The van der Waals surface area contributed by atoms with Crippen molar-refractivity contribution in [2.75, 3.05) is 0 Å². The van der Waals surface area contributed by atoms with Gasteiger partial charge in [0.05, 0.1) is 0 Å². The molecular formula is C18H34O8. The zero-order valence-electron chi connectivity index (χ0n) is 15.5. The number of rotatable bonds is 14. The smallest absolute Gasteiger partial charge is 0.317 e. The highest BCUT2D eigenvalue weighted by Gasteiger charge is 2.26. The molecule has 26 heavy (non-hydrogen) atoms. The van der Waals surface area contributed by atoms with Crippen LogP contribution in [0.3, 0.4) is 0 Å². The van der Waals surface area contributed by atoms with Gasteiger partial charge in [-0.2, -0.15) is 0 Å². The van der Waals surface area contributed by atoms with Gasteiger partial charge in [0.2, 0.25) is 0 Å². The fourth-order valence-electron chi connectivity index (χ4n) is 2.17. The Morgan fingerprint density at radius 2 is 1.27 bits per heavy atom. The highest BCUT2D eigenvalue weighted by Crippen LogP contribution is 2.14. The average molecular weight is 378 g/mol. The Bertz CT molecular complexity index is 375. The summed E-state index contributed by atoms with van der Waals surface area (Å²) in [4.78, 5) is 21.3. The third-order valence-electron chi connectivity index (χ3n) is 3.81. The van der Waals surface area contributed by atoms with E-state index in [1.807, 2.05) is 0 Å². The summed E-state index contributed by atoms with van der Waals surface area (Å²) >= 11 is 0. The van der Waals surface area contributed by atoms with E-state index >= 15 is 0 Å². The van der Waals surface area contributed by atoms with Crippen LogP contribution >= 0.6 is 0 Å². The molecule has 6 N–H and O–H groups in total. The fraction of sp³-hybridized carbons (Fsp3) is 0.778. The largest absolute Gasteiger partial charge is 0.481 e. The predicted molar refractivity (Wildman–Crippen MR) is 96.2 cm³/mol. The minimum absolute atomic E-state index is 0.250. The molecule has 0 rings (SSSR count). The van der Waals surface area contributed by atoms with E-state index in [0.717, 1.165) is 18.9 Å². The van der Waals surface area contributed by atoms with E-state index in [0.29, 0.717) is 6.42 Å². The molecule has 1 unspecified atom stereocenters. The molecule has 154 valence electrons. The molecule has 0 aromatic carbocycles. The lowest BCUT2D eigenvalue weighted by Crippen LogP contribution is -2.40. The number of carboxylic acid groups (broad SMARTS) is 2. The summed E-state index contributed by atoms with van der Waals surface area (Å²) in [5.41, 5.74) is 0. The predicted octanol–water partition coefficient (Wildman–Crippen LogP) is 1.86. The lowest BCUT2D eigenvalue weighted by Gasteiger charge is -2.16. The highest BCUT2D eigenvalue weighted by atomic mass is 16.7. The van der Waals surface area contributed by atoms with E-state index in [1.54, 1.807) is 0 Å². The van der Waals surface area contributed by atoms with Crippen LogP contribution < -0.4 is 0 Å². The number of aliphatic carboxylic acids is 2. The van der Waals surface area contributed by atoms with Crippen molar-refractivity contribution in [2.45, 2.75) is 83.2 Å². The monoisotopic (exact) mass is 378 g/mol. The maximum Gasteiger partial charge on any atom is 0.317 e. The third-order valence-corrected chi connectivity index (χ3v) is 3.81. The first-order valence-corrected chi connectivity index (χ1v) is 9.01. The quantitative estimate of drug-likeness (QED) is 0.116. The fourth-order valence-corrected chi connectivity index (χ4v) is 2.17. The van der Waals surface area contributed by atoms with Gasteiger partial charge in [0, 0.05) is 0 Å². The molecule has 0 aliphatic rings. The lowest BCUT2D eigenvalue weighted by molar-refractivity contribution is -0.344. The molecule has 0 heterocycles. The van der Waals surface area contributed by atoms with Gasteiger partial charge in [0.1, 0.15) is 0 Å². The van der Waals surface area contributed by atoms with E-state index in [-0.39, 0.29) is 6.42 Å². The molecule has 0 aromatic rings. The van der Waals surface area contributed by atoms with Crippen molar-refractivity contribution in [3.8, 4) is 0 Å². The molecule has 0 radical (unpaired) electrons. The van der Waals surface area contributed by atoms with Crippen LogP contribution in [0.25, 0.3) is 0 Å². The number of unbranched alkanes of at least 4 members (excludes halogenated alkanes) is 8. The van der Waals surface area contributed by atoms with Gasteiger partial charge in [-0.1, -0.05) is 70.8 Å². The first-order valence-electron chi connectivity index (χ1n) is 9.01. The molecule has 0 spiro atoms. The van der Waals surface area contributed by atoms with Crippen molar-refractivity contribution in [1.29, 1.82) is 0 Å². The lowest BCUT2D eigenvalue weighted by atomic mass is 10.00. The summed E-state index contributed by atoms with van der Waals surface area (Å²) in [5.74, 6) is -6.72. The van der Waals surface area contributed by atoms with Crippen LogP contribution in [0.2, 0.25) is 0 Å². The number of aliphatic hydroxyl groups is 4. The molecule has 0 aromatic heterocycles. The Balaban J connectivity index is 0. The van der Waals surface area contributed by atoms with Crippen LogP contribution in [0.1, 0.15) is 71.1 Å². The summed E-state index contributed by atoms with van der Waals surface area (Å²) in [6.45, 7) is 5.19. The Morgan fingerprint density at radius 1 is 0.885 bits per heavy atom. The van der Waals surface area contributed by atoms with Gasteiger partial charge >= 0.3 is 17.9 Å². The van der Waals surface area contributed by atoms with E-state index in [1.165, 1.54) is 38.5 Å². The summed E-state index contributed by atoms with van der Waals surface area (Å²) in [5, 5.41) is 49.9. The molecule has 0 amide bonds. The molecule has 0 saturated heterocycles. The summed E-state index contributed by atoms with van der Waals surface area (Å²) in [6, 6.07) is 0. The molecule has 0 fully saturated rings. The van der Waals surface area contributed by atoms with Gasteiger partial charge in [-0.3, -0.25) is 9.59 Å². The van der Waals surface area contributed by atoms with E-state index < -0.39 is 29.9 Å². The van der Waals surface area contributed by atoms with Crippen molar-refractivity contribution in [1.82, 2.24) is 0 Å². The van der Waals surface area contributed by atoms with E-state index in [9.17, 15) is 9.59 Å². The van der Waals surface area contributed by atoms with Crippen LogP contribution in [-0.2, 0) is 9.59 Å². The molecular weight excluding hydrogens is 344 g/mol. The van der Waals surface area contributed by atoms with Gasteiger partial charge in [0.25, 0.3) is 0 Å². The minimum atomic E-state index is -3.05. The van der Waals surface area contributed by atoms with Gasteiger partial charge < -0.3 is 30.6 Å². The second-order valence-corrected chi connectivity index (χ2v) is 6.21. The number of carbonyl (C=O) groups is 2. The van der Waals surface area contributed by atoms with E-state index in [4.69, 9.17) is 30.6 Å². The highest BCUT2D eigenvalue weighted by molar-refractivity contribution is 5.92. The van der Waals surface area contributed by atoms with E-state index in [2.05, 4.69) is 13.5 Å². The van der Waals surface area contributed by atoms with Gasteiger partial charge in [-0.15, -0.1) is 6.58 Å². The summed E-state index contributed by atoms with van der Waals surface area (Å²) in [6.07, 6.45) is 9.60. The van der Waals surface area contributed by atoms with Crippen LogP contribution in [0.4, 0.5) is 0 Å². The maximum absolute atomic E-state index is 10.6. The number of hydrogen-bond donors (Lipinski definition) is 6. The van der Waals surface area contributed by atoms with Crippen LogP contribution in [0.5, 0.6) is 0 Å². The second kappa shape index (κ2) is 15.7. The zero-order chi connectivity index (χ0) is 20.6. The third kappa shape index (κ3) is 16.0. The Kier molecular flexibility index (Phi) is 16.2. The molecule has 0 bridgehead atoms. The summed E-state index contributed by atoms with van der Waals surface area (Å²) in [7, 11) is 0. The topological polar surface area (TPSA) is 156 Å². The molecule has 1 atom stereocenters. The number of aliphatic hydroxyl groups excluding tert-OH is 1. The maximum atomic E-state index is 10.6. The van der Waals surface area contributed by atoms with Crippen molar-refractivity contribution in [3.63, 3.8) is 0 Å². The van der Waals surface area contributed by atoms with Crippen molar-refractivity contribution in [3.05, 3.63) is 12.7 Å². The molecule has 0 aliphatic carbocycles. The Hall–Kier alpha value is -1.48. The molecule has 0 saturated carbocycles.